The van der Waals surface area contributed by atoms with Gasteiger partial charge < -0.3 is 0 Å². The van der Waals surface area contributed by atoms with E-state index in [1.807, 2.05) is 30.3 Å². The van der Waals surface area contributed by atoms with Crippen LogP contribution in [-0.2, 0) is 6.42 Å². The topological polar surface area (TPSA) is 23.8 Å². The Hall–Kier alpha value is -2.07. The van der Waals surface area contributed by atoms with E-state index < -0.39 is 0 Å². The molecular formula is C22H29N. The van der Waals surface area contributed by atoms with Gasteiger partial charge in [-0.1, -0.05) is 75.2 Å². The molecule has 0 atom stereocenters. The third-order valence-electron chi connectivity index (χ3n) is 3.64. The van der Waals surface area contributed by atoms with E-state index in [9.17, 15) is 0 Å². The normalized spacial score (nSPS) is 12.1. The minimum absolute atomic E-state index is 0.753. The number of benzene rings is 2. The molecule has 0 spiro atoms. The first-order valence-electron chi connectivity index (χ1n) is 8.71. The standard InChI is InChI=1S/C12H13N.C7H8.C3H8/c1-2-11-10(8-13)4-3-5-12(11)9-6-7-9;1-7-5-3-2-4-6-7;1-3-2/h3-5,9H,2,6-7H2,1H3;2-6H,1H3;3H2,1-2H3. The van der Waals surface area contributed by atoms with E-state index in [2.05, 4.69) is 52.0 Å². The van der Waals surface area contributed by atoms with Gasteiger partial charge >= 0.3 is 0 Å². The molecule has 0 aromatic heterocycles. The summed E-state index contributed by atoms with van der Waals surface area (Å²) in [7, 11) is 0. The molecule has 0 bridgehead atoms. The van der Waals surface area contributed by atoms with Crippen LogP contribution in [0.2, 0.25) is 0 Å². The predicted octanol–water partition coefficient (Wildman–Crippen LogP) is 6.41. The van der Waals surface area contributed by atoms with Gasteiger partial charge in [-0.25, -0.2) is 0 Å². The Morgan fingerprint density at radius 3 is 1.96 bits per heavy atom. The first-order chi connectivity index (χ1) is 11.2. The van der Waals surface area contributed by atoms with Crippen molar-refractivity contribution in [3.63, 3.8) is 0 Å². The monoisotopic (exact) mass is 307 g/mol. The maximum atomic E-state index is 8.93. The molecule has 0 N–H and O–H groups in total. The summed E-state index contributed by atoms with van der Waals surface area (Å²) in [5.74, 6) is 0.753. The highest BCUT2D eigenvalue weighted by Crippen LogP contribution is 2.42. The Labute approximate surface area is 142 Å². The molecule has 1 saturated carbocycles. The van der Waals surface area contributed by atoms with Crippen molar-refractivity contribution in [2.24, 2.45) is 0 Å². The van der Waals surface area contributed by atoms with Crippen LogP contribution in [0.3, 0.4) is 0 Å². The van der Waals surface area contributed by atoms with Gasteiger partial charge in [0.15, 0.2) is 0 Å². The van der Waals surface area contributed by atoms with Crippen molar-refractivity contribution in [1.82, 2.24) is 0 Å². The van der Waals surface area contributed by atoms with Crippen molar-refractivity contribution in [2.45, 2.75) is 59.3 Å². The van der Waals surface area contributed by atoms with E-state index in [4.69, 9.17) is 5.26 Å². The molecule has 23 heavy (non-hydrogen) atoms. The Balaban J connectivity index is 0.000000223. The zero-order valence-electron chi connectivity index (χ0n) is 15.0. The van der Waals surface area contributed by atoms with Crippen molar-refractivity contribution in [2.75, 3.05) is 0 Å². The number of hydrogen-bond donors (Lipinski definition) is 0. The first-order valence-corrected chi connectivity index (χ1v) is 8.71. The van der Waals surface area contributed by atoms with Gasteiger partial charge in [0.25, 0.3) is 0 Å². The lowest BCUT2D eigenvalue weighted by Gasteiger charge is -2.07. The van der Waals surface area contributed by atoms with Crippen LogP contribution in [0.15, 0.2) is 48.5 Å². The second-order valence-electron chi connectivity index (χ2n) is 5.97. The lowest BCUT2D eigenvalue weighted by molar-refractivity contribution is 1.02. The lowest BCUT2D eigenvalue weighted by Crippen LogP contribution is -1.94. The quantitative estimate of drug-likeness (QED) is 0.629. The highest BCUT2D eigenvalue weighted by atomic mass is 14.3. The second-order valence-corrected chi connectivity index (χ2v) is 5.97. The molecule has 1 fully saturated rings. The number of rotatable bonds is 2. The van der Waals surface area contributed by atoms with Crippen LogP contribution in [0.5, 0.6) is 0 Å². The molecule has 0 unspecified atom stereocenters. The molecule has 1 heteroatoms. The van der Waals surface area contributed by atoms with Crippen LogP contribution in [-0.4, -0.2) is 0 Å². The summed E-state index contributed by atoms with van der Waals surface area (Å²) in [5.41, 5.74) is 4.88. The molecule has 1 aliphatic carbocycles. The van der Waals surface area contributed by atoms with Crippen LogP contribution in [0, 0.1) is 18.3 Å². The Kier molecular flexibility index (Phi) is 8.76. The van der Waals surface area contributed by atoms with Gasteiger partial charge in [0.1, 0.15) is 0 Å². The Bertz CT molecular complexity index is 604. The van der Waals surface area contributed by atoms with Gasteiger partial charge in [-0.3, -0.25) is 0 Å². The summed E-state index contributed by atoms with van der Waals surface area (Å²) in [6, 6.07) is 18.6. The molecule has 1 nitrogen and oxygen atoms in total. The maximum absolute atomic E-state index is 8.93. The van der Waals surface area contributed by atoms with Gasteiger partial charge in [0.2, 0.25) is 0 Å². The van der Waals surface area contributed by atoms with Crippen LogP contribution in [0.1, 0.15) is 68.2 Å². The summed E-state index contributed by atoms with van der Waals surface area (Å²) in [5, 5.41) is 8.93. The fourth-order valence-electron chi connectivity index (χ4n) is 2.42. The minimum Gasteiger partial charge on any atom is -0.192 e. The second kappa shape index (κ2) is 10.6. The summed E-state index contributed by atoms with van der Waals surface area (Å²) in [6.45, 7) is 8.46. The number of nitriles is 1. The van der Waals surface area contributed by atoms with Gasteiger partial charge in [0, 0.05) is 0 Å². The molecule has 0 amide bonds. The van der Waals surface area contributed by atoms with E-state index in [0.29, 0.717) is 0 Å². The van der Waals surface area contributed by atoms with E-state index in [1.54, 1.807) is 0 Å². The molecular weight excluding hydrogens is 278 g/mol. The third kappa shape index (κ3) is 6.70. The SMILES string of the molecule is CCC.CCc1c(C#N)cccc1C1CC1.Cc1ccccc1. The largest absolute Gasteiger partial charge is 0.192 e. The maximum Gasteiger partial charge on any atom is 0.0994 e. The van der Waals surface area contributed by atoms with Crippen LogP contribution < -0.4 is 0 Å². The summed E-state index contributed by atoms with van der Waals surface area (Å²) >= 11 is 0. The van der Waals surface area contributed by atoms with E-state index in [-0.39, 0.29) is 0 Å². The van der Waals surface area contributed by atoms with E-state index in [0.717, 1.165) is 17.9 Å². The molecule has 2 aromatic rings. The van der Waals surface area contributed by atoms with Crippen molar-refractivity contribution in [3.8, 4) is 6.07 Å². The highest BCUT2D eigenvalue weighted by molar-refractivity contribution is 5.45. The van der Waals surface area contributed by atoms with Crippen LogP contribution >= 0.6 is 0 Å². The average molecular weight is 307 g/mol. The number of hydrogen-bond acceptors (Lipinski definition) is 1. The van der Waals surface area contributed by atoms with Gasteiger partial charge in [0.05, 0.1) is 11.6 Å². The van der Waals surface area contributed by atoms with E-state index in [1.165, 1.54) is 36.0 Å². The van der Waals surface area contributed by atoms with Crippen molar-refractivity contribution >= 4 is 0 Å². The molecule has 0 aliphatic heterocycles. The van der Waals surface area contributed by atoms with Crippen molar-refractivity contribution in [1.29, 1.82) is 5.26 Å². The first kappa shape index (κ1) is 19.0. The smallest absolute Gasteiger partial charge is 0.0994 e. The zero-order valence-corrected chi connectivity index (χ0v) is 15.0. The molecule has 122 valence electrons. The fourth-order valence-corrected chi connectivity index (χ4v) is 2.42. The third-order valence-corrected chi connectivity index (χ3v) is 3.64. The molecule has 2 aromatic carbocycles. The van der Waals surface area contributed by atoms with Crippen molar-refractivity contribution < 1.29 is 0 Å². The zero-order chi connectivity index (χ0) is 17.1. The fraction of sp³-hybridized carbons (Fsp3) is 0.409. The molecule has 3 rings (SSSR count). The number of aryl methyl sites for hydroxylation is 1. The van der Waals surface area contributed by atoms with E-state index >= 15 is 0 Å². The molecule has 0 radical (unpaired) electrons. The highest BCUT2D eigenvalue weighted by Gasteiger charge is 2.26. The van der Waals surface area contributed by atoms with Crippen LogP contribution in [0.4, 0.5) is 0 Å². The Morgan fingerprint density at radius 2 is 1.57 bits per heavy atom. The predicted molar refractivity (Wildman–Crippen MR) is 99.7 cm³/mol. The molecule has 0 saturated heterocycles. The molecule has 0 heterocycles. The summed E-state index contributed by atoms with van der Waals surface area (Å²) in [6.07, 6.45) is 4.85. The Morgan fingerprint density at radius 1 is 0.957 bits per heavy atom. The van der Waals surface area contributed by atoms with Gasteiger partial charge in [-0.2, -0.15) is 5.26 Å². The van der Waals surface area contributed by atoms with Gasteiger partial charge in [-0.05, 0) is 49.3 Å². The lowest BCUT2D eigenvalue weighted by atomic mass is 9.96. The van der Waals surface area contributed by atoms with Crippen LogP contribution in [0.25, 0.3) is 0 Å². The average Bonchev–Trinajstić information content (AvgIpc) is 3.41. The van der Waals surface area contributed by atoms with Gasteiger partial charge in [-0.15, -0.1) is 0 Å². The molecule has 1 aliphatic rings. The summed E-state index contributed by atoms with van der Waals surface area (Å²) < 4.78 is 0. The van der Waals surface area contributed by atoms with Crippen molar-refractivity contribution in [3.05, 3.63) is 70.8 Å². The number of nitrogens with zero attached hydrogens (tertiary/aromatic N) is 1. The summed E-state index contributed by atoms with van der Waals surface area (Å²) in [4.78, 5) is 0. The minimum atomic E-state index is 0.753.